The molecule has 0 aliphatic carbocycles. The van der Waals surface area contributed by atoms with E-state index in [1.807, 2.05) is 0 Å². The highest BCUT2D eigenvalue weighted by Gasteiger charge is 2.06. The zero-order chi connectivity index (χ0) is 9.14. The van der Waals surface area contributed by atoms with Crippen molar-refractivity contribution in [3.8, 4) is 0 Å². The number of hydrogen-bond acceptors (Lipinski definition) is 4. The number of anilines is 1. The van der Waals surface area contributed by atoms with Crippen LogP contribution in [0.15, 0.2) is 6.20 Å². The Hall–Kier alpha value is -0.940. The fraction of sp³-hybridized carbons (Fsp3) is 0.429. The summed E-state index contributed by atoms with van der Waals surface area (Å²) in [5, 5.41) is 12.2. The first-order valence-electron chi connectivity index (χ1n) is 3.51. The smallest absolute Gasteiger partial charge is 0.223 e. The van der Waals surface area contributed by atoms with Gasteiger partial charge in [0.25, 0.3) is 0 Å². The number of carbonyl (C=O) groups excluding carboxylic acids is 1. The van der Waals surface area contributed by atoms with Crippen LogP contribution in [0.1, 0.15) is 24.8 Å². The van der Waals surface area contributed by atoms with Crippen molar-refractivity contribution < 1.29 is 9.90 Å². The van der Waals surface area contributed by atoms with E-state index in [9.17, 15) is 4.79 Å². The van der Waals surface area contributed by atoms with Crippen LogP contribution in [0.5, 0.6) is 0 Å². The molecular weight excluding hydrogens is 176 g/mol. The van der Waals surface area contributed by atoms with E-state index in [1.165, 1.54) is 18.3 Å². The minimum Gasteiger partial charge on any atom is -0.388 e. The van der Waals surface area contributed by atoms with E-state index in [1.54, 1.807) is 13.1 Å². The van der Waals surface area contributed by atoms with Crippen LogP contribution in [0.4, 0.5) is 5.13 Å². The van der Waals surface area contributed by atoms with E-state index in [-0.39, 0.29) is 5.91 Å². The second-order valence-electron chi connectivity index (χ2n) is 2.42. The van der Waals surface area contributed by atoms with Gasteiger partial charge in [0.05, 0.1) is 11.0 Å². The van der Waals surface area contributed by atoms with Crippen LogP contribution in [0.2, 0.25) is 0 Å². The fourth-order valence-electron chi connectivity index (χ4n) is 0.688. The molecule has 0 fully saturated rings. The highest BCUT2D eigenvalue weighted by atomic mass is 32.1. The quantitative estimate of drug-likeness (QED) is 0.728. The lowest BCUT2D eigenvalue weighted by Crippen LogP contribution is -2.04. The third kappa shape index (κ3) is 2.28. The SMILES string of the molecule is CC(=O)Nc1ncc([C@H](C)O)s1. The number of rotatable bonds is 2. The van der Waals surface area contributed by atoms with E-state index in [2.05, 4.69) is 10.3 Å². The Morgan fingerprint density at radius 3 is 2.92 bits per heavy atom. The lowest BCUT2D eigenvalue weighted by atomic mass is 10.4. The van der Waals surface area contributed by atoms with E-state index >= 15 is 0 Å². The molecule has 12 heavy (non-hydrogen) atoms. The van der Waals surface area contributed by atoms with E-state index < -0.39 is 6.10 Å². The Morgan fingerprint density at radius 1 is 1.83 bits per heavy atom. The van der Waals surface area contributed by atoms with Crippen molar-refractivity contribution >= 4 is 22.4 Å². The van der Waals surface area contributed by atoms with Crippen LogP contribution < -0.4 is 5.32 Å². The van der Waals surface area contributed by atoms with Crippen LogP contribution in [0.25, 0.3) is 0 Å². The number of thiazole rings is 1. The van der Waals surface area contributed by atoms with Gasteiger partial charge < -0.3 is 10.4 Å². The van der Waals surface area contributed by atoms with Crippen molar-refractivity contribution in [1.82, 2.24) is 4.98 Å². The van der Waals surface area contributed by atoms with Crippen molar-refractivity contribution in [3.63, 3.8) is 0 Å². The molecule has 0 saturated carbocycles. The molecule has 2 N–H and O–H groups in total. The van der Waals surface area contributed by atoms with E-state index in [4.69, 9.17) is 5.11 Å². The van der Waals surface area contributed by atoms with Gasteiger partial charge in [-0.1, -0.05) is 11.3 Å². The fourth-order valence-corrected chi connectivity index (χ4v) is 1.49. The van der Waals surface area contributed by atoms with Gasteiger partial charge in [-0.3, -0.25) is 4.79 Å². The highest BCUT2D eigenvalue weighted by Crippen LogP contribution is 2.23. The summed E-state index contributed by atoms with van der Waals surface area (Å²) in [5.41, 5.74) is 0. The maximum absolute atomic E-state index is 10.6. The molecular formula is C7H10N2O2S. The van der Waals surface area contributed by atoms with E-state index in [0.29, 0.717) is 5.13 Å². The topological polar surface area (TPSA) is 62.2 Å². The summed E-state index contributed by atoms with van der Waals surface area (Å²) in [6.45, 7) is 3.08. The molecule has 1 aromatic rings. The molecule has 1 amide bonds. The molecule has 0 radical (unpaired) electrons. The molecule has 66 valence electrons. The summed E-state index contributed by atoms with van der Waals surface area (Å²) in [5.74, 6) is -0.151. The molecule has 0 saturated heterocycles. The monoisotopic (exact) mass is 186 g/mol. The van der Waals surface area contributed by atoms with Crippen LogP contribution >= 0.6 is 11.3 Å². The second-order valence-corrected chi connectivity index (χ2v) is 3.49. The van der Waals surface area contributed by atoms with Crippen molar-refractivity contribution in [1.29, 1.82) is 0 Å². The van der Waals surface area contributed by atoms with Crippen molar-refractivity contribution in [2.24, 2.45) is 0 Å². The van der Waals surface area contributed by atoms with Gasteiger partial charge >= 0.3 is 0 Å². The maximum atomic E-state index is 10.6. The Morgan fingerprint density at radius 2 is 2.50 bits per heavy atom. The standard InChI is InChI=1S/C7H10N2O2S/c1-4(10)6-3-8-7(12-6)9-5(2)11/h3-4,10H,1-2H3,(H,8,9,11)/t4-/m0/s1. The van der Waals surface area contributed by atoms with Gasteiger partial charge in [-0.25, -0.2) is 4.98 Å². The Balaban J connectivity index is 2.70. The van der Waals surface area contributed by atoms with Crippen molar-refractivity contribution in [3.05, 3.63) is 11.1 Å². The minimum absolute atomic E-state index is 0.151. The molecule has 4 nitrogen and oxygen atoms in total. The normalized spacial score (nSPS) is 12.6. The van der Waals surface area contributed by atoms with Gasteiger partial charge in [-0.05, 0) is 6.92 Å². The average Bonchev–Trinajstić information content (AvgIpc) is 2.34. The Kier molecular flexibility index (Phi) is 2.78. The summed E-state index contributed by atoms with van der Waals surface area (Å²) >= 11 is 1.28. The third-order valence-electron chi connectivity index (χ3n) is 1.22. The summed E-state index contributed by atoms with van der Waals surface area (Å²) in [4.78, 5) is 15.2. The molecule has 0 unspecified atom stereocenters. The highest BCUT2D eigenvalue weighted by molar-refractivity contribution is 7.15. The molecule has 1 atom stereocenters. The molecule has 5 heteroatoms. The molecule has 1 rings (SSSR count). The van der Waals surface area contributed by atoms with Crippen molar-refractivity contribution in [2.75, 3.05) is 5.32 Å². The number of aliphatic hydroxyl groups is 1. The predicted molar refractivity (Wildman–Crippen MR) is 47.1 cm³/mol. The number of nitrogens with zero attached hydrogens (tertiary/aromatic N) is 1. The second kappa shape index (κ2) is 3.64. The van der Waals surface area contributed by atoms with Crippen LogP contribution in [-0.2, 0) is 4.79 Å². The third-order valence-corrected chi connectivity index (χ3v) is 2.30. The van der Waals surface area contributed by atoms with Crippen molar-refractivity contribution in [2.45, 2.75) is 20.0 Å². The molecule has 0 spiro atoms. The van der Waals surface area contributed by atoms with E-state index in [0.717, 1.165) is 4.88 Å². The minimum atomic E-state index is -0.523. The van der Waals surface area contributed by atoms with Crippen LogP contribution in [0.3, 0.4) is 0 Å². The lowest BCUT2D eigenvalue weighted by molar-refractivity contribution is -0.114. The van der Waals surface area contributed by atoms with Gasteiger partial charge in [0.15, 0.2) is 5.13 Å². The predicted octanol–water partition coefficient (Wildman–Crippen LogP) is 1.15. The zero-order valence-corrected chi connectivity index (χ0v) is 7.68. The number of hydrogen-bond donors (Lipinski definition) is 2. The number of carbonyl (C=O) groups is 1. The number of amides is 1. The molecule has 0 aliphatic heterocycles. The lowest BCUT2D eigenvalue weighted by Gasteiger charge is -1.96. The first-order valence-corrected chi connectivity index (χ1v) is 4.32. The van der Waals surface area contributed by atoms with Gasteiger partial charge in [-0.2, -0.15) is 0 Å². The summed E-state index contributed by atoms with van der Waals surface area (Å²) in [6.07, 6.45) is 1.03. The summed E-state index contributed by atoms with van der Waals surface area (Å²) in [6, 6.07) is 0. The molecule has 1 heterocycles. The Labute approximate surface area is 74.3 Å². The Bertz CT molecular complexity index is 283. The number of aliphatic hydroxyl groups excluding tert-OH is 1. The molecule has 0 bridgehead atoms. The number of nitrogens with one attached hydrogen (secondary N) is 1. The summed E-state index contributed by atoms with van der Waals surface area (Å²) in [7, 11) is 0. The molecule has 0 aromatic carbocycles. The first-order chi connectivity index (χ1) is 5.59. The molecule has 0 aliphatic rings. The van der Waals surface area contributed by atoms with Gasteiger partial charge in [0.2, 0.25) is 5.91 Å². The maximum Gasteiger partial charge on any atom is 0.223 e. The van der Waals surface area contributed by atoms with Gasteiger partial charge in [-0.15, -0.1) is 0 Å². The average molecular weight is 186 g/mol. The van der Waals surface area contributed by atoms with Gasteiger partial charge in [0.1, 0.15) is 0 Å². The first kappa shape index (κ1) is 9.15. The number of aromatic nitrogens is 1. The molecule has 1 aromatic heterocycles. The van der Waals surface area contributed by atoms with Crippen LogP contribution in [0, 0.1) is 0 Å². The van der Waals surface area contributed by atoms with Gasteiger partial charge in [0, 0.05) is 13.1 Å². The summed E-state index contributed by atoms with van der Waals surface area (Å²) < 4.78 is 0. The largest absolute Gasteiger partial charge is 0.388 e. The van der Waals surface area contributed by atoms with Crippen LogP contribution in [-0.4, -0.2) is 16.0 Å². The zero-order valence-electron chi connectivity index (χ0n) is 6.87.